The van der Waals surface area contributed by atoms with Crippen LogP contribution >= 0.6 is 0 Å². The van der Waals surface area contributed by atoms with Gasteiger partial charge in [0, 0.05) is 0 Å². The van der Waals surface area contributed by atoms with E-state index in [1.165, 1.54) is 10.9 Å². The lowest BCUT2D eigenvalue weighted by molar-refractivity contribution is -0.0519. The average molecular weight is 270 g/mol. The van der Waals surface area contributed by atoms with Crippen LogP contribution in [0.3, 0.4) is 0 Å². The van der Waals surface area contributed by atoms with Gasteiger partial charge >= 0.3 is 0 Å². The van der Waals surface area contributed by atoms with E-state index in [4.69, 9.17) is 9.84 Å². The fourth-order valence-corrected chi connectivity index (χ4v) is 2.30. The van der Waals surface area contributed by atoms with Gasteiger partial charge in [0.1, 0.15) is 24.1 Å². The van der Waals surface area contributed by atoms with Gasteiger partial charge in [-0.1, -0.05) is 0 Å². The van der Waals surface area contributed by atoms with Crippen molar-refractivity contribution >= 4 is 11.7 Å². The van der Waals surface area contributed by atoms with E-state index in [2.05, 4.69) is 15.6 Å². The summed E-state index contributed by atoms with van der Waals surface area (Å²) in [5.41, 5.74) is 0.198. The first-order chi connectivity index (χ1) is 9.13. The number of hydrogen-bond donors (Lipinski definition) is 5. The van der Waals surface area contributed by atoms with Crippen molar-refractivity contribution in [1.82, 2.24) is 14.9 Å². The molecule has 0 spiro atoms. The Morgan fingerprint density at radius 3 is 2.89 bits per heavy atom. The summed E-state index contributed by atoms with van der Waals surface area (Å²) in [7, 11) is 0. The number of nitrogens with zero attached hydrogens (tertiary/aromatic N) is 2. The molecule has 2 aliphatic heterocycles. The summed E-state index contributed by atoms with van der Waals surface area (Å²) in [5.74, 6) is 0.0952. The summed E-state index contributed by atoms with van der Waals surface area (Å²) in [4.78, 5) is 15.5. The Bertz CT molecular complexity index is 504. The molecule has 3 heterocycles. The summed E-state index contributed by atoms with van der Waals surface area (Å²) in [6, 6.07) is 0. The summed E-state index contributed by atoms with van der Waals surface area (Å²) in [5, 5.41) is 34.2. The molecular weight excluding hydrogens is 256 g/mol. The van der Waals surface area contributed by atoms with Crippen molar-refractivity contribution in [3.8, 4) is 0 Å². The monoisotopic (exact) mass is 270 g/mol. The SMILES string of the molecule is O=C1NCNc2c1ncn2C1O[C@@H](CO)[C@H](O)[C@@H]1O. The fraction of sp³-hybridized carbons (Fsp3) is 0.600. The van der Waals surface area contributed by atoms with Crippen LogP contribution in [-0.4, -0.2) is 62.4 Å². The number of aliphatic hydroxyl groups excluding tert-OH is 3. The molecule has 4 atom stereocenters. The second-order valence-corrected chi connectivity index (χ2v) is 4.44. The molecule has 9 heteroatoms. The highest BCUT2D eigenvalue weighted by Gasteiger charge is 2.44. The molecule has 1 saturated heterocycles. The molecule has 2 aliphatic rings. The maximum Gasteiger partial charge on any atom is 0.275 e. The largest absolute Gasteiger partial charge is 0.394 e. The van der Waals surface area contributed by atoms with Gasteiger partial charge in [0.2, 0.25) is 0 Å². The van der Waals surface area contributed by atoms with Crippen LogP contribution in [0.4, 0.5) is 5.82 Å². The summed E-state index contributed by atoms with van der Waals surface area (Å²) in [6.07, 6.45) is -2.81. The number of fused-ring (bicyclic) bond motifs is 1. The van der Waals surface area contributed by atoms with E-state index in [1.54, 1.807) is 0 Å². The number of carbonyl (C=O) groups excluding carboxylic acids is 1. The Morgan fingerprint density at radius 2 is 2.21 bits per heavy atom. The quantitative estimate of drug-likeness (QED) is 0.405. The Hall–Kier alpha value is -1.68. The number of anilines is 1. The molecule has 1 aromatic rings. The van der Waals surface area contributed by atoms with Crippen LogP contribution < -0.4 is 10.6 Å². The van der Waals surface area contributed by atoms with Crippen molar-refractivity contribution in [2.45, 2.75) is 24.5 Å². The molecule has 9 nitrogen and oxygen atoms in total. The van der Waals surface area contributed by atoms with Gasteiger partial charge in [-0.25, -0.2) is 4.98 Å². The predicted molar refractivity (Wildman–Crippen MR) is 61.2 cm³/mol. The standard InChI is InChI=1S/C10H14N4O5/c15-1-4-6(16)7(17)10(19-4)14-3-13-5-8(14)11-2-12-9(5)18/h3-4,6-7,10-11,15-17H,1-2H2,(H,12,18)/t4-,6-,7-,10?/m0/s1. The van der Waals surface area contributed by atoms with Crippen molar-refractivity contribution in [1.29, 1.82) is 0 Å². The average Bonchev–Trinajstić information content (AvgIpc) is 2.94. The summed E-state index contributed by atoms with van der Waals surface area (Å²) in [6.45, 7) is -0.161. The van der Waals surface area contributed by atoms with Crippen molar-refractivity contribution < 1.29 is 24.9 Å². The van der Waals surface area contributed by atoms with E-state index in [0.717, 1.165) is 0 Å². The zero-order chi connectivity index (χ0) is 13.6. The fourth-order valence-electron chi connectivity index (χ4n) is 2.30. The second-order valence-electron chi connectivity index (χ2n) is 4.44. The molecule has 1 unspecified atom stereocenters. The third kappa shape index (κ3) is 1.78. The number of aliphatic hydroxyl groups is 3. The number of rotatable bonds is 2. The van der Waals surface area contributed by atoms with Crippen LogP contribution in [0.15, 0.2) is 6.33 Å². The highest BCUT2D eigenvalue weighted by molar-refractivity contribution is 5.98. The van der Waals surface area contributed by atoms with E-state index >= 15 is 0 Å². The zero-order valence-electron chi connectivity index (χ0n) is 9.85. The zero-order valence-corrected chi connectivity index (χ0v) is 9.85. The van der Waals surface area contributed by atoms with E-state index in [-0.39, 0.29) is 18.3 Å². The molecule has 19 heavy (non-hydrogen) atoms. The van der Waals surface area contributed by atoms with Crippen LogP contribution in [0, 0.1) is 0 Å². The Kier molecular flexibility index (Phi) is 2.90. The van der Waals surface area contributed by atoms with E-state index in [1.807, 2.05) is 0 Å². The van der Waals surface area contributed by atoms with Crippen molar-refractivity contribution in [3.63, 3.8) is 0 Å². The molecule has 0 saturated carbocycles. The minimum atomic E-state index is -1.21. The smallest absolute Gasteiger partial charge is 0.275 e. The maximum absolute atomic E-state index is 11.6. The Morgan fingerprint density at radius 1 is 1.42 bits per heavy atom. The molecule has 1 fully saturated rings. The normalized spacial score (nSPS) is 33.7. The molecule has 0 aliphatic carbocycles. The number of nitrogens with one attached hydrogen (secondary N) is 2. The van der Waals surface area contributed by atoms with E-state index in [0.29, 0.717) is 5.82 Å². The van der Waals surface area contributed by atoms with Gasteiger partial charge in [-0.3, -0.25) is 9.36 Å². The van der Waals surface area contributed by atoms with Gasteiger partial charge in [-0.15, -0.1) is 0 Å². The van der Waals surface area contributed by atoms with Gasteiger partial charge < -0.3 is 30.7 Å². The van der Waals surface area contributed by atoms with Gasteiger partial charge in [0.25, 0.3) is 5.91 Å². The topological polar surface area (TPSA) is 129 Å². The third-order valence-corrected chi connectivity index (χ3v) is 3.30. The van der Waals surface area contributed by atoms with Gasteiger partial charge in [0.05, 0.1) is 19.6 Å². The molecule has 104 valence electrons. The molecule has 0 bridgehead atoms. The minimum absolute atomic E-state index is 0.198. The Labute approximate surface area is 107 Å². The Balaban J connectivity index is 1.93. The molecule has 0 radical (unpaired) electrons. The number of imidazole rings is 1. The lowest BCUT2D eigenvalue weighted by atomic mass is 10.1. The lowest BCUT2D eigenvalue weighted by Gasteiger charge is -2.22. The number of aromatic nitrogens is 2. The summed E-state index contributed by atoms with van der Waals surface area (Å²) >= 11 is 0. The van der Waals surface area contributed by atoms with Crippen LogP contribution in [0.25, 0.3) is 0 Å². The molecule has 1 aromatic heterocycles. The number of carbonyl (C=O) groups is 1. The maximum atomic E-state index is 11.6. The molecule has 3 rings (SSSR count). The third-order valence-electron chi connectivity index (χ3n) is 3.30. The molecule has 1 amide bonds. The van der Waals surface area contributed by atoms with E-state index in [9.17, 15) is 15.0 Å². The van der Waals surface area contributed by atoms with E-state index < -0.39 is 31.1 Å². The van der Waals surface area contributed by atoms with Gasteiger partial charge in [0.15, 0.2) is 11.9 Å². The van der Waals surface area contributed by atoms with Crippen molar-refractivity contribution in [2.24, 2.45) is 0 Å². The van der Waals surface area contributed by atoms with Gasteiger partial charge in [-0.05, 0) is 0 Å². The first-order valence-electron chi connectivity index (χ1n) is 5.85. The van der Waals surface area contributed by atoms with Gasteiger partial charge in [-0.2, -0.15) is 0 Å². The van der Waals surface area contributed by atoms with Crippen LogP contribution in [0.1, 0.15) is 16.7 Å². The highest BCUT2D eigenvalue weighted by Crippen LogP contribution is 2.33. The minimum Gasteiger partial charge on any atom is -0.394 e. The molecule has 5 N–H and O–H groups in total. The number of amides is 1. The van der Waals surface area contributed by atoms with Crippen molar-refractivity contribution in [3.05, 3.63) is 12.0 Å². The first-order valence-corrected chi connectivity index (χ1v) is 5.85. The second kappa shape index (κ2) is 4.46. The number of hydrogen-bond acceptors (Lipinski definition) is 7. The first kappa shape index (κ1) is 12.4. The predicted octanol–water partition coefficient (Wildman–Crippen LogP) is -2.39. The van der Waals surface area contributed by atoms with Crippen molar-refractivity contribution in [2.75, 3.05) is 18.6 Å². The van der Waals surface area contributed by atoms with Crippen LogP contribution in [-0.2, 0) is 4.74 Å². The molecular formula is C10H14N4O5. The summed E-state index contributed by atoms with van der Waals surface area (Å²) < 4.78 is 6.82. The highest BCUT2D eigenvalue weighted by atomic mass is 16.6. The molecule has 0 aromatic carbocycles. The van der Waals surface area contributed by atoms with Crippen LogP contribution in [0.5, 0.6) is 0 Å². The number of ether oxygens (including phenoxy) is 1. The van der Waals surface area contributed by atoms with Crippen LogP contribution in [0.2, 0.25) is 0 Å². The lowest BCUT2D eigenvalue weighted by Crippen LogP contribution is -2.36.